The second-order valence-corrected chi connectivity index (χ2v) is 5.22. The summed E-state index contributed by atoms with van der Waals surface area (Å²) in [5, 5.41) is 3.98. The summed E-state index contributed by atoms with van der Waals surface area (Å²) in [5.41, 5.74) is 3.45. The van der Waals surface area contributed by atoms with Crippen LogP contribution < -0.4 is 29.1 Å². The van der Waals surface area contributed by atoms with Crippen molar-refractivity contribution in [2.45, 2.75) is 0 Å². The van der Waals surface area contributed by atoms with E-state index in [9.17, 15) is 4.79 Å². The molecule has 0 aliphatic carbocycles. The van der Waals surface area contributed by atoms with Crippen LogP contribution in [0.4, 0.5) is 0 Å². The molecule has 0 aliphatic heterocycles. The Hall–Kier alpha value is -3.42. The van der Waals surface area contributed by atoms with E-state index < -0.39 is 5.91 Å². The topological polar surface area (TPSA) is 87.6 Å². The SMILES string of the molecule is COc1cc(OC)c(OC)cc1C=NNC(=O)c1ccc(OC)c(OC)c1. The molecule has 0 saturated carbocycles. The minimum absolute atomic E-state index is 0.379. The van der Waals surface area contributed by atoms with Crippen molar-refractivity contribution in [2.75, 3.05) is 35.5 Å². The first-order valence-electron chi connectivity index (χ1n) is 7.93. The van der Waals surface area contributed by atoms with Gasteiger partial charge in [0.2, 0.25) is 0 Å². The summed E-state index contributed by atoms with van der Waals surface area (Å²) in [6.07, 6.45) is 1.46. The summed E-state index contributed by atoms with van der Waals surface area (Å²) >= 11 is 0. The van der Waals surface area contributed by atoms with Crippen molar-refractivity contribution in [1.29, 1.82) is 0 Å². The Labute approximate surface area is 157 Å². The van der Waals surface area contributed by atoms with Gasteiger partial charge in [-0.1, -0.05) is 0 Å². The molecule has 0 aliphatic rings. The number of hydrogen-bond donors (Lipinski definition) is 1. The molecule has 2 rings (SSSR count). The zero-order valence-corrected chi connectivity index (χ0v) is 15.9. The Kier molecular flexibility index (Phi) is 6.87. The van der Waals surface area contributed by atoms with Crippen LogP contribution in [-0.4, -0.2) is 47.7 Å². The van der Waals surface area contributed by atoms with Gasteiger partial charge in [0.15, 0.2) is 23.0 Å². The highest BCUT2D eigenvalue weighted by Crippen LogP contribution is 2.33. The van der Waals surface area contributed by atoms with Gasteiger partial charge in [-0.25, -0.2) is 5.43 Å². The second kappa shape index (κ2) is 9.33. The molecular weight excluding hydrogens is 352 g/mol. The molecule has 144 valence electrons. The molecule has 0 spiro atoms. The third-order valence-electron chi connectivity index (χ3n) is 3.75. The lowest BCUT2D eigenvalue weighted by Gasteiger charge is -2.11. The number of nitrogens with zero attached hydrogens (tertiary/aromatic N) is 1. The van der Waals surface area contributed by atoms with Crippen LogP contribution in [0.1, 0.15) is 15.9 Å². The molecule has 8 nitrogen and oxygen atoms in total. The minimum atomic E-state index is -0.397. The van der Waals surface area contributed by atoms with E-state index in [0.717, 1.165) is 0 Å². The lowest BCUT2D eigenvalue weighted by Crippen LogP contribution is -2.17. The number of carbonyl (C=O) groups is 1. The second-order valence-electron chi connectivity index (χ2n) is 5.22. The number of amides is 1. The Bertz CT molecular complexity index is 835. The number of hydrazone groups is 1. The standard InChI is InChI=1S/C19H22N2O6/c1-23-14-7-6-12(8-16(14)25-3)19(22)21-20-11-13-9-17(26-4)18(27-5)10-15(13)24-2/h6-11H,1-5H3,(H,21,22). The van der Waals surface area contributed by atoms with Gasteiger partial charge in [0.25, 0.3) is 5.91 Å². The van der Waals surface area contributed by atoms with Gasteiger partial charge in [0.1, 0.15) is 5.75 Å². The molecule has 0 bridgehead atoms. The van der Waals surface area contributed by atoms with E-state index in [1.54, 1.807) is 30.3 Å². The molecule has 27 heavy (non-hydrogen) atoms. The molecule has 1 N–H and O–H groups in total. The fraction of sp³-hybridized carbons (Fsp3) is 0.263. The summed E-state index contributed by atoms with van der Waals surface area (Å²) in [7, 11) is 7.62. The van der Waals surface area contributed by atoms with Gasteiger partial charge >= 0.3 is 0 Å². The van der Waals surface area contributed by atoms with E-state index >= 15 is 0 Å². The van der Waals surface area contributed by atoms with Gasteiger partial charge in [-0.15, -0.1) is 0 Å². The van der Waals surface area contributed by atoms with Crippen molar-refractivity contribution in [2.24, 2.45) is 5.10 Å². The molecular formula is C19H22N2O6. The van der Waals surface area contributed by atoms with E-state index in [1.807, 2.05) is 0 Å². The lowest BCUT2D eigenvalue weighted by atomic mass is 10.2. The van der Waals surface area contributed by atoms with E-state index in [4.69, 9.17) is 23.7 Å². The summed E-state index contributed by atoms with van der Waals surface area (Å²) in [6, 6.07) is 8.21. The third kappa shape index (κ3) is 4.60. The molecule has 1 amide bonds. The molecule has 2 aromatic carbocycles. The zero-order chi connectivity index (χ0) is 19.8. The largest absolute Gasteiger partial charge is 0.496 e. The van der Waals surface area contributed by atoms with Crippen molar-refractivity contribution in [3.05, 3.63) is 41.5 Å². The number of carbonyl (C=O) groups excluding carboxylic acids is 1. The van der Waals surface area contributed by atoms with Crippen LogP contribution in [0.5, 0.6) is 28.7 Å². The van der Waals surface area contributed by atoms with Crippen LogP contribution in [0.2, 0.25) is 0 Å². The van der Waals surface area contributed by atoms with Crippen molar-refractivity contribution in [1.82, 2.24) is 5.43 Å². The highest BCUT2D eigenvalue weighted by atomic mass is 16.5. The summed E-state index contributed by atoms with van der Waals surface area (Å²) < 4.78 is 26.2. The summed E-state index contributed by atoms with van der Waals surface area (Å²) in [5.74, 6) is 2.17. The van der Waals surface area contributed by atoms with Gasteiger partial charge in [0, 0.05) is 17.2 Å². The number of nitrogens with one attached hydrogen (secondary N) is 1. The van der Waals surface area contributed by atoms with Crippen LogP contribution in [-0.2, 0) is 0 Å². The summed E-state index contributed by atoms with van der Waals surface area (Å²) in [4.78, 5) is 12.3. The number of benzene rings is 2. The average molecular weight is 374 g/mol. The van der Waals surface area contributed by atoms with Crippen LogP contribution in [0.3, 0.4) is 0 Å². The van der Waals surface area contributed by atoms with Crippen LogP contribution in [0.15, 0.2) is 35.4 Å². The zero-order valence-electron chi connectivity index (χ0n) is 15.9. The summed E-state index contributed by atoms with van der Waals surface area (Å²) in [6.45, 7) is 0. The van der Waals surface area contributed by atoms with Gasteiger partial charge in [-0.3, -0.25) is 4.79 Å². The van der Waals surface area contributed by atoms with E-state index in [2.05, 4.69) is 10.5 Å². The maximum absolute atomic E-state index is 12.3. The predicted molar refractivity (Wildman–Crippen MR) is 101 cm³/mol. The quantitative estimate of drug-likeness (QED) is 0.564. The molecule has 8 heteroatoms. The molecule has 0 saturated heterocycles. The van der Waals surface area contributed by atoms with Crippen LogP contribution in [0.25, 0.3) is 0 Å². The van der Waals surface area contributed by atoms with Crippen molar-refractivity contribution in [3.63, 3.8) is 0 Å². The smallest absolute Gasteiger partial charge is 0.271 e. The molecule has 2 aromatic rings. The average Bonchev–Trinajstić information content (AvgIpc) is 2.72. The van der Waals surface area contributed by atoms with E-state index in [-0.39, 0.29) is 0 Å². The van der Waals surface area contributed by atoms with Gasteiger partial charge in [-0.05, 0) is 24.3 Å². The fourth-order valence-electron chi connectivity index (χ4n) is 2.36. The van der Waals surface area contributed by atoms with Crippen LogP contribution in [0, 0.1) is 0 Å². The van der Waals surface area contributed by atoms with Gasteiger partial charge in [-0.2, -0.15) is 5.10 Å². The first kappa shape index (κ1) is 19.9. The van der Waals surface area contributed by atoms with E-state index in [1.165, 1.54) is 41.8 Å². The maximum atomic E-state index is 12.3. The predicted octanol–water partition coefficient (Wildman–Crippen LogP) is 2.49. The molecule has 0 fully saturated rings. The third-order valence-corrected chi connectivity index (χ3v) is 3.75. The molecule has 0 radical (unpaired) electrons. The monoisotopic (exact) mass is 374 g/mol. The Balaban J connectivity index is 2.18. The Morgan fingerprint density at radius 1 is 0.778 bits per heavy atom. The number of ether oxygens (including phenoxy) is 5. The fourth-order valence-corrected chi connectivity index (χ4v) is 2.36. The van der Waals surface area contributed by atoms with Crippen molar-refractivity contribution < 1.29 is 28.5 Å². The molecule has 0 unspecified atom stereocenters. The number of rotatable bonds is 8. The lowest BCUT2D eigenvalue weighted by molar-refractivity contribution is 0.0954. The van der Waals surface area contributed by atoms with Gasteiger partial charge < -0.3 is 23.7 Å². The van der Waals surface area contributed by atoms with Crippen molar-refractivity contribution >= 4 is 12.1 Å². The normalized spacial score (nSPS) is 10.4. The molecule has 0 aromatic heterocycles. The van der Waals surface area contributed by atoms with Gasteiger partial charge in [0.05, 0.1) is 41.8 Å². The first-order chi connectivity index (χ1) is 13.1. The molecule has 0 heterocycles. The first-order valence-corrected chi connectivity index (χ1v) is 7.93. The number of hydrogen-bond acceptors (Lipinski definition) is 7. The Morgan fingerprint density at radius 2 is 1.33 bits per heavy atom. The number of methoxy groups -OCH3 is 5. The maximum Gasteiger partial charge on any atom is 0.271 e. The Morgan fingerprint density at radius 3 is 1.93 bits per heavy atom. The molecule has 0 atom stereocenters. The van der Waals surface area contributed by atoms with E-state index in [0.29, 0.717) is 39.9 Å². The highest BCUT2D eigenvalue weighted by molar-refractivity contribution is 5.95. The van der Waals surface area contributed by atoms with Crippen molar-refractivity contribution in [3.8, 4) is 28.7 Å². The van der Waals surface area contributed by atoms with Crippen LogP contribution >= 0.6 is 0 Å². The minimum Gasteiger partial charge on any atom is -0.496 e. The highest BCUT2D eigenvalue weighted by Gasteiger charge is 2.12.